The summed E-state index contributed by atoms with van der Waals surface area (Å²) in [6.07, 6.45) is 2.40. The third-order valence-electron chi connectivity index (χ3n) is 3.98. The number of amides is 1. The van der Waals surface area contributed by atoms with Crippen molar-refractivity contribution in [3.63, 3.8) is 0 Å². The van der Waals surface area contributed by atoms with E-state index in [1.165, 1.54) is 0 Å². The van der Waals surface area contributed by atoms with Gasteiger partial charge in [0, 0.05) is 18.9 Å². The van der Waals surface area contributed by atoms with Crippen molar-refractivity contribution in [2.45, 2.75) is 19.3 Å². The highest BCUT2D eigenvalue weighted by molar-refractivity contribution is 5.98. The van der Waals surface area contributed by atoms with Crippen molar-refractivity contribution in [3.8, 4) is 0 Å². The fourth-order valence-corrected chi connectivity index (χ4v) is 3.23. The zero-order valence-corrected chi connectivity index (χ0v) is 6.80. The molecule has 3 unspecified atom stereocenters. The fraction of sp³-hybridized carbons (Fsp3) is 0.778. The summed E-state index contributed by atoms with van der Waals surface area (Å²) >= 11 is 0. The van der Waals surface area contributed by atoms with Gasteiger partial charge in [0.15, 0.2) is 0 Å². The molecule has 1 aliphatic heterocycles. The summed E-state index contributed by atoms with van der Waals surface area (Å²) in [7, 11) is 0. The summed E-state index contributed by atoms with van der Waals surface area (Å²) in [5.41, 5.74) is -0.225. The van der Waals surface area contributed by atoms with Gasteiger partial charge in [-0.2, -0.15) is 0 Å². The molecule has 64 valence electrons. The molecule has 3 nitrogen and oxygen atoms in total. The second-order valence-corrected chi connectivity index (χ2v) is 4.20. The Hall–Kier alpha value is -0.860. The van der Waals surface area contributed by atoms with Crippen LogP contribution < -0.4 is 5.32 Å². The number of carbonyl (C=O) groups excluding carboxylic acids is 2. The molecule has 1 heterocycles. The average Bonchev–Trinajstić information content (AvgIpc) is 2.37. The molecule has 3 atom stereocenters. The van der Waals surface area contributed by atoms with E-state index in [0.717, 1.165) is 19.4 Å². The quantitative estimate of drug-likeness (QED) is 0.553. The van der Waals surface area contributed by atoms with Crippen LogP contribution >= 0.6 is 0 Å². The molecule has 1 amide bonds. The highest BCUT2D eigenvalue weighted by Crippen LogP contribution is 2.61. The van der Waals surface area contributed by atoms with E-state index >= 15 is 0 Å². The predicted octanol–water partition coefficient (Wildman–Crippen LogP) is 0.102. The molecular weight excluding hydrogens is 154 g/mol. The Kier molecular flexibility index (Phi) is 0.955. The van der Waals surface area contributed by atoms with E-state index in [1.807, 2.05) is 0 Å². The van der Waals surface area contributed by atoms with E-state index in [2.05, 4.69) is 5.32 Å². The van der Waals surface area contributed by atoms with Gasteiger partial charge in [-0.25, -0.2) is 0 Å². The van der Waals surface area contributed by atoms with Crippen LogP contribution in [0.1, 0.15) is 19.3 Å². The maximum atomic E-state index is 11.5. The van der Waals surface area contributed by atoms with Crippen molar-refractivity contribution < 1.29 is 9.59 Å². The summed E-state index contributed by atoms with van der Waals surface area (Å²) in [4.78, 5) is 22.9. The first-order valence-electron chi connectivity index (χ1n) is 4.56. The van der Waals surface area contributed by atoms with Crippen LogP contribution in [0.3, 0.4) is 0 Å². The summed E-state index contributed by atoms with van der Waals surface area (Å²) < 4.78 is 0. The third kappa shape index (κ3) is 0.464. The molecule has 0 aromatic heterocycles. The molecule has 0 aromatic carbocycles. The molecule has 2 saturated carbocycles. The standard InChI is InChI=1S/C9H11NO2/c11-7-1-2-9-5(3-6(7)9)4-10-8(9)12/h5-6H,1-4H2,(H,10,12). The summed E-state index contributed by atoms with van der Waals surface area (Å²) in [6, 6.07) is 0. The number of hydrogen-bond acceptors (Lipinski definition) is 2. The van der Waals surface area contributed by atoms with E-state index < -0.39 is 0 Å². The smallest absolute Gasteiger partial charge is 0.227 e. The zero-order chi connectivity index (χ0) is 8.34. The lowest BCUT2D eigenvalue weighted by molar-refractivity contribution is -0.144. The molecule has 2 aliphatic carbocycles. The molecule has 0 bridgehead atoms. The Morgan fingerprint density at radius 1 is 1.42 bits per heavy atom. The summed E-state index contributed by atoms with van der Waals surface area (Å²) in [5.74, 6) is 1.03. The molecule has 1 spiro atoms. The van der Waals surface area contributed by atoms with Gasteiger partial charge in [-0.05, 0) is 18.8 Å². The van der Waals surface area contributed by atoms with E-state index in [1.54, 1.807) is 0 Å². The molecule has 0 aromatic rings. The first kappa shape index (κ1) is 6.63. The van der Waals surface area contributed by atoms with Gasteiger partial charge in [-0.3, -0.25) is 9.59 Å². The zero-order valence-electron chi connectivity index (χ0n) is 6.80. The normalized spacial score (nSPS) is 49.7. The van der Waals surface area contributed by atoms with Crippen molar-refractivity contribution in [1.29, 1.82) is 0 Å². The van der Waals surface area contributed by atoms with Crippen molar-refractivity contribution in [2.75, 3.05) is 6.54 Å². The van der Waals surface area contributed by atoms with Crippen LogP contribution in [0.2, 0.25) is 0 Å². The molecule has 3 aliphatic rings. The van der Waals surface area contributed by atoms with E-state index in [0.29, 0.717) is 18.1 Å². The van der Waals surface area contributed by atoms with Crippen LogP contribution in [0.15, 0.2) is 0 Å². The number of nitrogens with one attached hydrogen (secondary N) is 1. The van der Waals surface area contributed by atoms with Crippen LogP contribution in [-0.4, -0.2) is 18.2 Å². The minimum absolute atomic E-state index is 0.0880. The van der Waals surface area contributed by atoms with Crippen LogP contribution in [0.4, 0.5) is 0 Å². The average molecular weight is 165 g/mol. The van der Waals surface area contributed by atoms with E-state index in [9.17, 15) is 9.59 Å². The molecule has 12 heavy (non-hydrogen) atoms. The number of hydrogen-bond donors (Lipinski definition) is 1. The van der Waals surface area contributed by atoms with Gasteiger partial charge in [0.05, 0.1) is 5.41 Å². The van der Waals surface area contributed by atoms with Gasteiger partial charge in [0.1, 0.15) is 5.78 Å². The highest BCUT2D eigenvalue weighted by atomic mass is 16.2. The Labute approximate surface area is 70.5 Å². The number of carbonyl (C=O) groups is 2. The highest BCUT2D eigenvalue weighted by Gasteiger charge is 2.67. The first-order chi connectivity index (χ1) is 5.75. The van der Waals surface area contributed by atoms with Crippen LogP contribution in [-0.2, 0) is 9.59 Å². The molecule has 3 rings (SSSR count). The van der Waals surface area contributed by atoms with E-state index in [-0.39, 0.29) is 17.2 Å². The Morgan fingerprint density at radius 3 is 2.92 bits per heavy atom. The van der Waals surface area contributed by atoms with Gasteiger partial charge in [-0.1, -0.05) is 0 Å². The Balaban J connectivity index is 2.05. The second kappa shape index (κ2) is 1.73. The Bertz CT molecular complexity index is 286. The van der Waals surface area contributed by atoms with Crippen molar-refractivity contribution >= 4 is 11.7 Å². The summed E-state index contributed by atoms with van der Waals surface area (Å²) in [5, 5.41) is 2.87. The summed E-state index contributed by atoms with van der Waals surface area (Å²) in [6.45, 7) is 0.808. The van der Waals surface area contributed by atoms with Gasteiger partial charge in [0.25, 0.3) is 0 Å². The lowest BCUT2D eigenvalue weighted by Crippen LogP contribution is -2.49. The van der Waals surface area contributed by atoms with E-state index in [4.69, 9.17) is 0 Å². The minimum atomic E-state index is -0.225. The van der Waals surface area contributed by atoms with Gasteiger partial charge < -0.3 is 5.32 Å². The van der Waals surface area contributed by atoms with Crippen molar-refractivity contribution in [2.24, 2.45) is 17.3 Å². The number of Topliss-reactive ketones (excluding diaryl/α,β-unsaturated/α-hetero) is 1. The predicted molar refractivity (Wildman–Crippen MR) is 41.3 cm³/mol. The first-order valence-corrected chi connectivity index (χ1v) is 4.56. The topological polar surface area (TPSA) is 46.2 Å². The van der Waals surface area contributed by atoms with Gasteiger partial charge >= 0.3 is 0 Å². The minimum Gasteiger partial charge on any atom is -0.355 e. The molecule has 0 radical (unpaired) electrons. The van der Waals surface area contributed by atoms with Gasteiger partial charge in [-0.15, -0.1) is 0 Å². The monoisotopic (exact) mass is 165 g/mol. The maximum absolute atomic E-state index is 11.5. The number of ketones is 1. The molecule has 3 heteroatoms. The van der Waals surface area contributed by atoms with Crippen molar-refractivity contribution in [1.82, 2.24) is 5.32 Å². The fourth-order valence-electron chi connectivity index (χ4n) is 3.23. The van der Waals surface area contributed by atoms with Gasteiger partial charge in [0.2, 0.25) is 5.91 Å². The van der Waals surface area contributed by atoms with Crippen LogP contribution in [0.5, 0.6) is 0 Å². The molecular formula is C9H11NO2. The lowest BCUT2D eigenvalue weighted by Gasteiger charge is -2.44. The van der Waals surface area contributed by atoms with Crippen LogP contribution in [0, 0.1) is 17.3 Å². The van der Waals surface area contributed by atoms with Crippen LogP contribution in [0.25, 0.3) is 0 Å². The molecule has 3 fully saturated rings. The molecule has 1 saturated heterocycles. The third-order valence-corrected chi connectivity index (χ3v) is 3.98. The SMILES string of the molecule is O=C1CCC23C(=O)NCC2CC13. The van der Waals surface area contributed by atoms with Crippen molar-refractivity contribution in [3.05, 3.63) is 0 Å². The Morgan fingerprint density at radius 2 is 2.25 bits per heavy atom. The lowest BCUT2D eigenvalue weighted by atomic mass is 9.55. The second-order valence-electron chi connectivity index (χ2n) is 4.20. The number of rotatable bonds is 0. The maximum Gasteiger partial charge on any atom is 0.227 e. The molecule has 1 N–H and O–H groups in total. The largest absolute Gasteiger partial charge is 0.355 e.